The van der Waals surface area contributed by atoms with Crippen LogP contribution in [0.5, 0.6) is 17.2 Å². The number of carbonyl (C=O) groups is 2. The summed E-state index contributed by atoms with van der Waals surface area (Å²) in [6.45, 7) is -1.53. The highest BCUT2D eigenvalue weighted by atomic mass is 19.3. The molecule has 0 heterocycles. The molecule has 0 aliphatic heterocycles. The minimum Gasteiger partial charge on any atom is -0.497 e. The van der Waals surface area contributed by atoms with Crippen molar-refractivity contribution in [2.75, 3.05) is 14.2 Å². The lowest BCUT2D eigenvalue weighted by Crippen LogP contribution is -2.23. The Kier molecular flexibility index (Phi) is 7.70. The molecule has 6 nitrogen and oxygen atoms in total. The van der Waals surface area contributed by atoms with Gasteiger partial charge < -0.3 is 18.9 Å². The lowest BCUT2D eigenvalue weighted by Gasteiger charge is -2.12. The van der Waals surface area contributed by atoms with E-state index in [1.165, 1.54) is 57.6 Å². The first-order chi connectivity index (χ1) is 13.8. The van der Waals surface area contributed by atoms with Crippen LogP contribution < -0.4 is 14.2 Å². The van der Waals surface area contributed by atoms with Crippen LogP contribution in [0.2, 0.25) is 0 Å². The summed E-state index contributed by atoms with van der Waals surface area (Å²) in [4.78, 5) is 24.4. The molecule has 0 saturated carbocycles. The monoisotopic (exact) mass is 406 g/mol. The standard InChI is InChI=1S/C21H20F2O6/c1-13(20(25)15-5-8-16(9-6-15)29-21(22)23)28-19(24)11-7-14-4-10-17(26-2)12-18(14)27-3/h4-13,21H,1-3H3/b11-7+/t13-/m1/s1. The second kappa shape index (κ2) is 10.2. The Labute approximate surface area is 166 Å². The molecule has 8 heteroatoms. The normalized spacial score (nSPS) is 11.9. The molecule has 0 unspecified atom stereocenters. The van der Waals surface area contributed by atoms with Gasteiger partial charge in [-0.25, -0.2) is 4.79 Å². The van der Waals surface area contributed by atoms with Gasteiger partial charge in [0, 0.05) is 23.3 Å². The van der Waals surface area contributed by atoms with Gasteiger partial charge in [-0.1, -0.05) is 0 Å². The minimum absolute atomic E-state index is 0.0717. The van der Waals surface area contributed by atoms with E-state index < -0.39 is 24.5 Å². The van der Waals surface area contributed by atoms with Crippen LogP contribution in [0.4, 0.5) is 8.78 Å². The van der Waals surface area contributed by atoms with Crippen LogP contribution >= 0.6 is 0 Å². The van der Waals surface area contributed by atoms with E-state index in [2.05, 4.69) is 4.74 Å². The minimum atomic E-state index is -2.95. The van der Waals surface area contributed by atoms with Crippen molar-refractivity contribution >= 4 is 17.8 Å². The van der Waals surface area contributed by atoms with Gasteiger partial charge in [0.2, 0.25) is 5.78 Å². The highest BCUT2D eigenvalue weighted by Crippen LogP contribution is 2.25. The Morgan fingerprint density at radius 3 is 2.21 bits per heavy atom. The van der Waals surface area contributed by atoms with E-state index >= 15 is 0 Å². The number of ether oxygens (including phenoxy) is 4. The summed E-state index contributed by atoms with van der Waals surface area (Å²) in [5.74, 6) is -0.161. The Bertz CT molecular complexity index is 877. The molecule has 2 rings (SSSR count). The fourth-order valence-electron chi connectivity index (χ4n) is 2.42. The average molecular weight is 406 g/mol. The van der Waals surface area contributed by atoms with Gasteiger partial charge in [0.1, 0.15) is 17.2 Å². The third kappa shape index (κ3) is 6.31. The SMILES string of the molecule is COc1ccc(/C=C/C(=O)O[C@H](C)C(=O)c2ccc(OC(F)F)cc2)c(OC)c1. The molecule has 2 aromatic rings. The number of halogens is 2. The molecule has 0 aromatic heterocycles. The summed E-state index contributed by atoms with van der Waals surface area (Å²) >= 11 is 0. The molecule has 29 heavy (non-hydrogen) atoms. The van der Waals surface area contributed by atoms with Crippen molar-refractivity contribution in [2.45, 2.75) is 19.6 Å². The number of esters is 1. The maximum Gasteiger partial charge on any atom is 0.387 e. The second-order valence-corrected chi connectivity index (χ2v) is 5.79. The maximum absolute atomic E-state index is 12.3. The summed E-state index contributed by atoms with van der Waals surface area (Å²) < 4.78 is 44.0. The molecular weight excluding hydrogens is 386 g/mol. The smallest absolute Gasteiger partial charge is 0.387 e. The molecule has 0 N–H and O–H groups in total. The van der Waals surface area contributed by atoms with E-state index in [0.29, 0.717) is 17.1 Å². The van der Waals surface area contributed by atoms with Gasteiger partial charge in [0.25, 0.3) is 0 Å². The van der Waals surface area contributed by atoms with Crippen molar-refractivity contribution in [3.63, 3.8) is 0 Å². The topological polar surface area (TPSA) is 71.1 Å². The zero-order valence-electron chi connectivity index (χ0n) is 16.1. The van der Waals surface area contributed by atoms with Crippen LogP contribution in [-0.2, 0) is 9.53 Å². The predicted molar refractivity (Wildman–Crippen MR) is 102 cm³/mol. The van der Waals surface area contributed by atoms with Crippen LogP contribution in [0.3, 0.4) is 0 Å². The number of methoxy groups -OCH3 is 2. The number of alkyl halides is 2. The zero-order valence-corrected chi connectivity index (χ0v) is 16.1. The summed E-state index contributed by atoms with van der Waals surface area (Å²) in [5, 5.41) is 0. The second-order valence-electron chi connectivity index (χ2n) is 5.79. The van der Waals surface area contributed by atoms with E-state index in [9.17, 15) is 18.4 Å². The molecule has 0 radical (unpaired) electrons. The Balaban J connectivity index is 1.99. The fraction of sp³-hybridized carbons (Fsp3) is 0.238. The number of benzene rings is 2. The molecule has 0 bridgehead atoms. The molecular formula is C21H20F2O6. The number of ketones is 1. The summed E-state index contributed by atoms with van der Waals surface area (Å²) in [6.07, 6.45) is 1.61. The van der Waals surface area contributed by atoms with E-state index in [4.69, 9.17) is 14.2 Å². The largest absolute Gasteiger partial charge is 0.497 e. The third-order valence-electron chi connectivity index (χ3n) is 3.87. The first-order valence-electron chi connectivity index (χ1n) is 8.54. The fourth-order valence-corrected chi connectivity index (χ4v) is 2.42. The molecule has 0 aliphatic rings. The van der Waals surface area contributed by atoms with Gasteiger partial charge in [0.15, 0.2) is 6.10 Å². The van der Waals surface area contributed by atoms with E-state index in [-0.39, 0.29) is 11.3 Å². The maximum atomic E-state index is 12.3. The van der Waals surface area contributed by atoms with Crippen molar-refractivity contribution in [2.24, 2.45) is 0 Å². The number of Topliss-reactive ketones (excluding diaryl/α,β-unsaturated/α-hetero) is 1. The van der Waals surface area contributed by atoms with Crippen molar-refractivity contribution in [1.82, 2.24) is 0 Å². The molecule has 154 valence electrons. The molecule has 0 fully saturated rings. The molecule has 0 spiro atoms. The van der Waals surface area contributed by atoms with Gasteiger partial charge in [-0.15, -0.1) is 0 Å². The number of hydrogen-bond acceptors (Lipinski definition) is 6. The number of hydrogen-bond donors (Lipinski definition) is 0. The number of carbonyl (C=O) groups excluding carboxylic acids is 2. The van der Waals surface area contributed by atoms with Crippen LogP contribution in [-0.4, -0.2) is 38.7 Å². The molecule has 0 amide bonds. The number of rotatable bonds is 9. The summed E-state index contributed by atoms with van der Waals surface area (Å²) in [5.41, 5.74) is 0.826. The van der Waals surface area contributed by atoms with E-state index in [1.807, 2.05) is 0 Å². The van der Waals surface area contributed by atoms with Crippen molar-refractivity contribution < 1.29 is 37.3 Å². The van der Waals surface area contributed by atoms with Crippen LogP contribution in [0.25, 0.3) is 6.08 Å². The molecule has 1 atom stereocenters. The van der Waals surface area contributed by atoms with Crippen molar-refractivity contribution in [3.05, 3.63) is 59.7 Å². The third-order valence-corrected chi connectivity index (χ3v) is 3.87. The van der Waals surface area contributed by atoms with Gasteiger partial charge >= 0.3 is 12.6 Å². The van der Waals surface area contributed by atoms with Crippen molar-refractivity contribution in [3.8, 4) is 17.2 Å². The molecule has 0 saturated heterocycles. The van der Waals surface area contributed by atoms with Crippen LogP contribution in [0.15, 0.2) is 48.5 Å². The molecule has 0 aliphatic carbocycles. The first-order valence-corrected chi connectivity index (χ1v) is 8.54. The van der Waals surface area contributed by atoms with Gasteiger partial charge in [-0.05, 0) is 49.4 Å². The Hall–Kier alpha value is -3.42. The van der Waals surface area contributed by atoms with Crippen LogP contribution in [0, 0.1) is 0 Å². The average Bonchev–Trinajstić information content (AvgIpc) is 2.71. The highest BCUT2D eigenvalue weighted by Gasteiger charge is 2.19. The van der Waals surface area contributed by atoms with E-state index in [1.54, 1.807) is 18.2 Å². The quantitative estimate of drug-likeness (QED) is 0.354. The van der Waals surface area contributed by atoms with Crippen molar-refractivity contribution in [1.29, 1.82) is 0 Å². The van der Waals surface area contributed by atoms with Crippen LogP contribution in [0.1, 0.15) is 22.8 Å². The zero-order chi connectivity index (χ0) is 21.4. The highest BCUT2D eigenvalue weighted by molar-refractivity contribution is 6.01. The lowest BCUT2D eigenvalue weighted by molar-refractivity contribution is -0.140. The summed E-state index contributed by atoms with van der Waals surface area (Å²) in [6, 6.07) is 10.2. The van der Waals surface area contributed by atoms with E-state index in [0.717, 1.165) is 0 Å². The predicted octanol–water partition coefficient (Wildman–Crippen LogP) is 4.13. The van der Waals surface area contributed by atoms with Gasteiger partial charge in [-0.3, -0.25) is 4.79 Å². The summed E-state index contributed by atoms with van der Waals surface area (Å²) in [7, 11) is 3.02. The Morgan fingerprint density at radius 1 is 0.966 bits per heavy atom. The lowest BCUT2D eigenvalue weighted by atomic mass is 10.1. The van der Waals surface area contributed by atoms with Gasteiger partial charge in [0.05, 0.1) is 14.2 Å². The Morgan fingerprint density at radius 2 is 1.62 bits per heavy atom. The first kappa shape index (κ1) is 21.9. The molecule has 2 aromatic carbocycles. The van der Waals surface area contributed by atoms with Gasteiger partial charge in [-0.2, -0.15) is 8.78 Å².